The Morgan fingerprint density at radius 2 is 1.70 bits per heavy atom. The van der Waals surface area contributed by atoms with Gasteiger partial charge in [0.2, 0.25) is 0 Å². The van der Waals surface area contributed by atoms with E-state index in [2.05, 4.69) is 4.74 Å². The second-order valence-electron chi connectivity index (χ2n) is 1.32. The zero-order valence-electron chi connectivity index (χ0n) is 7.44. The van der Waals surface area contributed by atoms with Crippen LogP contribution >= 0.6 is 0 Å². The van der Waals surface area contributed by atoms with Gasteiger partial charge in [-0.3, -0.25) is 4.79 Å². The summed E-state index contributed by atoms with van der Waals surface area (Å²) >= 11 is 0. The van der Waals surface area contributed by atoms with E-state index >= 15 is 0 Å². The van der Waals surface area contributed by atoms with Crippen LogP contribution in [0.1, 0.15) is 40.5 Å². The van der Waals surface area contributed by atoms with Crippen molar-refractivity contribution in [2.45, 2.75) is 40.5 Å². The zero-order valence-corrected chi connectivity index (χ0v) is 7.44. The molecule has 0 aromatic heterocycles. The maximum Gasteiger partial charge on any atom is 0.305 e. The lowest BCUT2D eigenvalue weighted by Gasteiger charge is -1.81. The fourth-order valence-corrected chi connectivity index (χ4v) is 0.475. The molecule has 1 rings (SSSR count). The average Bonchev–Trinajstić information content (AvgIpc) is 2.48. The molecule has 1 aliphatic rings. The van der Waals surface area contributed by atoms with Gasteiger partial charge >= 0.3 is 5.97 Å². The number of hydrogen-bond donors (Lipinski definition) is 0. The maximum absolute atomic E-state index is 10.0. The first-order valence-corrected chi connectivity index (χ1v) is 4.05. The van der Waals surface area contributed by atoms with Gasteiger partial charge < -0.3 is 4.74 Å². The molecule has 0 unspecified atom stereocenters. The van der Waals surface area contributed by atoms with E-state index in [0.29, 0.717) is 13.0 Å². The van der Waals surface area contributed by atoms with Gasteiger partial charge in [0.1, 0.15) is 0 Å². The van der Waals surface area contributed by atoms with Gasteiger partial charge in [0, 0.05) is 6.42 Å². The molecule has 0 saturated carbocycles. The number of esters is 1. The molecule has 0 spiro atoms. The van der Waals surface area contributed by atoms with Crippen LogP contribution in [0.5, 0.6) is 0 Å². The summed E-state index contributed by atoms with van der Waals surface area (Å²) in [6.45, 7) is 8.64. The number of carbonyl (C=O) groups is 1. The Balaban J connectivity index is 0. The van der Waals surface area contributed by atoms with Gasteiger partial charge in [0.25, 0.3) is 0 Å². The zero-order chi connectivity index (χ0) is 8.41. The van der Waals surface area contributed by atoms with Crippen molar-refractivity contribution in [2.24, 2.45) is 0 Å². The van der Waals surface area contributed by atoms with Crippen LogP contribution in [0.3, 0.4) is 0 Å². The molecule has 10 heavy (non-hydrogen) atoms. The van der Waals surface area contributed by atoms with E-state index in [4.69, 9.17) is 0 Å². The minimum absolute atomic E-state index is 0.0463. The predicted octanol–water partition coefficient (Wildman–Crippen LogP) is 2.38. The number of rotatable bonds is 0. The van der Waals surface area contributed by atoms with Crippen molar-refractivity contribution < 1.29 is 9.53 Å². The van der Waals surface area contributed by atoms with Gasteiger partial charge in [0.05, 0.1) is 6.61 Å². The molecule has 0 amide bonds. The molecule has 2 heteroatoms. The van der Waals surface area contributed by atoms with E-state index in [9.17, 15) is 4.79 Å². The quantitative estimate of drug-likeness (QED) is 0.490. The molecular formula is C8H18O2. The number of cyclic esters (lactones) is 1. The van der Waals surface area contributed by atoms with Gasteiger partial charge in [-0.15, -0.1) is 0 Å². The maximum atomic E-state index is 10.0. The lowest BCUT2D eigenvalue weighted by atomic mass is 10.4. The van der Waals surface area contributed by atoms with E-state index in [0.717, 1.165) is 6.42 Å². The Kier molecular flexibility index (Phi) is 13.7. The summed E-state index contributed by atoms with van der Waals surface area (Å²) in [7, 11) is 0. The largest absolute Gasteiger partial charge is 0.466 e. The Bertz CT molecular complexity index is 61.7. The van der Waals surface area contributed by atoms with Gasteiger partial charge in [-0.1, -0.05) is 27.7 Å². The summed E-state index contributed by atoms with van der Waals surface area (Å²) in [4.78, 5) is 10.0. The average molecular weight is 146 g/mol. The first kappa shape index (κ1) is 12.2. The van der Waals surface area contributed by atoms with E-state index in [1.807, 2.05) is 27.7 Å². The van der Waals surface area contributed by atoms with Crippen molar-refractivity contribution >= 4 is 5.97 Å². The highest BCUT2D eigenvalue weighted by atomic mass is 16.5. The molecule has 0 N–H and O–H groups in total. The van der Waals surface area contributed by atoms with Crippen LogP contribution in [-0.4, -0.2) is 12.6 Å². The molecule has 1 aliphatic heterocycles. The highest BCUT2D eigenvalue weighted by Crippen LogP contribution is 2.01. The highest BCUT2D eigenvalue weighted by Gasteiger charge is 2.08. The first-order valence-electron chi connectivity index (χ1n) is 4.05. The van der Waals surface area contributed by atoms with E-state index in [-0.39, 0.29) is 5.97 Å². The summed E-state index contributed by atoms with van der Waals surface area (Å²) in [5, 5.41) is 0. The summed E-state index contributed by atoms with van der Waals surface area (Å²) < 4.78 is 4.51. The van der Waals surface area contributed by atoms with E-state index < -0.39 is 0 Å². The van der Waals surface area contributed by atoms with Crippen LogP contribution in [0.25, 0.3) is 0 Å². The molecule has 0 aliphatic carbocycles. The van der Waals surface area contributed by atoms with Crippen LogP contribution in [0, 0.1) is 0 Å². The second kappa shape index (κ2) is 11.3. The van der Waals surface area contributed by atoms with Crippen LogP contribution < -0.4 is 0 Å². The number of carbonyl (C=O) groups excluding carboxylic acids is 1. The van der Waals surface area contributed by atoms with Crippen molar-refractivity contribution in [1.29, 1.82) is 0 Å². The molecule has 0 atom stereocenters. The third kappa shape index (κ3) is 7.47. The summed E-state index contributed by atoms with van der Waals surface area (Å²) in [5.74, 6) is -0.0463. The third-order valence-electron chi connectivity index (χ3n) is 0.788. The van der Waals surface area contributed by atoms with E-state index in [1.165, 1.54) is 0 Å². The second-order valence-corrected chi connectivity index (χ2v) is 1.32. The first-order chi connectivity index (χ1) is 4.89. The molecule has 62 valence electrons. The molecule has 2 nitrogen and oxygen atoms in total. The summed E-state index contributed by atoms with van der Waals surface area (Å²) in [5.41, 5.74) is 0. The molecule has 0 aromatic carbocycles. The summed E-state index contributed by atoms with van der Waals surface area (Å²) in [6, 6.07) is 0. The van der Waals surface area contributed by atoms with Crippen LogP contribution in [0.15, 0.2) is 0 Å². The molecule has 0 radical (unpaired) electrons. The van der Waals surface area contributed by atoms with Crippen molar-refractivity contribution in [3.05, 3.63) is 0 Å². The molecule has 0 aromatic rings. The van der Waals surface area contributed by atoms with Gasteiger partial charge in [-0.25, -0.2) is 0 Å². The lowest BCUT2D eigenvalue weighted by molar-refractivity contribution is -0.137. The summed E-state index contributed by atoms with van der Waals surface area (Å²) in [6.07, 6.45) is 1.54. The fourth-order valence-electron chi connectivity index (χ4n) is 0.475. The van der Waals surface area contributed by atoms with Gasteiger partial charge in [-0.05, 0) is 6.42 Å². The van der Waals surface area contributed by atoms with Crippen LogP contribution in [0.4, 0.5) is 0 Å². The standard InChI is InChI=1S/C4H6O2.2C2H6/c5-4-2-1-3-6-4;2*1-2/h1-3H2;2*1-2H3. The van der Waals surface area contributed by atoms with Gasteiger partial charge in [-0.2, -0.15) is 0 Å². The molecule has 1 saturated heterocycles. The van der Waals surface area contributed by atoms with Crippen molar-refractivity contribution in [3.8, 4) is 0 Å². The Morgan fingerprint density at radius 1 is 1.20 bits per heavy atom. The third-order valence-corrected chi connectivity index (χ3v) is 0.788. The fraction of sp³-hybridized carbons (Fsp3) is 0.875. The SMILES string of the molecule is CC.CC.O=C1CCCO1. The van der Waals surface area contributed by atoms with Crippen LogP contribution in [-0.2, 0) is 9.53 Å². The van der Waals surface area contributed by atoms with Gasteiger partial charge in [0.15, 0.2) is 0 Å². The monoisotopic (exact) mass is 146 g/mol. The topological polar surface area (TPSA) is 26.3 Å². The number of ether oxygens (including phenoxy) is 1. The number of hydrogen-bond acceptors (Lipinski definition) is 2. The van der Waals surface area contributed by atoms with Crippen LogP contribution in [0.2, 0.25) is 0 Å². The molecular weight excluding hydrogens is 128 g/mol. The molecule has 1 fully saturated rings. The Hall–Kier alpha value is -0.530. The van der Waals surface area contributed by atoms with Crippen molar-refractivity contribution in [3.63, 3.8) is 0 Å². The smallest absolute Gasteiger partial charge is 0.305 e. The molecule has 1 heterocycles. The van der Waals surface area contributed by atoms with E-state index in [1.54, 1.807) is 0 Å². The Labute approximate surface area is 63.6 Å². The van der Waals surface area contributed by atoms with Crippen molar-refractivity contribution in [1.82, 2.24) is 0 Å². The minimum atomic E-state index is -0.0463. The highest BCUT2D eigenvalue weighted by molar-refractivity contribution is 5.70. The minimum Gasteiger partial charge on any atom is -0.466 e. The molecule has 0 bridgehead atoms. The normalized spacial score (nSPS) is 13.8. The van der Waals surface area contributed by atoms with Crippen molar-refractivity contribution in [2.75, 3.05) is 6.61 Å². The lowest BCUT2D eigenvalue weighted by Crippen LogP contribution is -1.88. The predicted molar refractivity (Wildman–Crippen MR) is 42.9 cm³/mol. The Morgan fingerprint density at radius 3 is 1.80 bits per heavy atom.